The summed E-state index contributed by atoms with van der Waals surface area (Å²) in [5, 5.41) is 4.04. The Kier molecular flexibility index (Phi) is 4.10. The molecule has 112 valence electrons. The van der Waals surface area contributed by atoms with Gasteiger partial charge >= 0.3 is 0 Å². The molecule has 0 bridgehead atoms. The zero-order valence-corrected chi connectivity index (χ0v) is 13.1. The van der Waals surface area contributed by atoms with Gasteiger partial charge in [0.2, 0.25) is 0 Å². The monoisotopic (exact) mass is 303 g/mol. The number of nitrogens with two attached hydrogens (primary N) is 1. The Morgan fingerprint density at radius 1 is 1.29 bits per heavy atom. The highest BCUT2D eigenvalue weighted by Gasteiger charge is 2.20. The van der Waals surface area contributed by atoms with E-state index in [9.17, 15) is 4.79 Å². The minimum absolute atomic E-state index is 0.0416. The van der Waals surface area contributed by atoms with Gasteiger partial charge in [0.05, 0.1) is 5.69 Å². The standard InChI is InChI=1S/C16H21N3OS/c1-10-8-9-12-13(17)14(21-16(12)18-10)15(20)19-11-6-4-2-3-5-7-11/h8-9,11H,2-7,17H2,1H3,(H,19,20). The molecule has 1 amide bonds. The smallest absolute Gasteiger partial charge is 0.263 e. The number of amides is 1. The molecule has 2 aromatic heterocycles. The fourth-order valence-corrected chi connectivity index (χ4v) is 3.98. The highest BCUT2D eigenvalue weighted by molar-refractivity contribution is 7.21. The molecule has 0 spiro atoms. The number of aryl methyl sites for hydroxylation is 1. The van der Waals surface area contributed by atoms with Crippen molar-refractivity contribution in [3.8, 4) is 0 Å². The summed E-state index contributed by atoms with van der Waals surface area (Å²) >= 11 is 1.39. The molecule has 0 radical (unpaired) electrons. The van der Waals surface area contributed by atoms with Gasteiger partial charge < -0.3 is 11.1 Å². The van der Waals surface area contributed by atoms with Crippen molar-refractivity contribution in [1.29, 1.82) is 0 Å². The fourth-order valence-electron chi connectivity index (χ4n) is 2.93. The lowest BCUT2D eigenvalue weighted by atomic mass is 10.1. The Balaban J connectivity index is 1.82. The SMILES string of the molecule is Cc1ccc2c(N)c(C(=O)NC3CCCCCC3)sc2n1. The quantitative estimate of drug-likeness (QED) is 0.832. The number of aromatic nitrogens is 1. The van der Waals surface area contributed by atoms with Crippen molar-refractivity contribution in [2.24, 2.45) is 0 Å². The van der Waals surface area contributed by atoms with Gasteiger partial charge in [-0.1, -0.05) is 25.7 Å². The molecule has 1 aliphatic carbocycles. The highest BCUT2D eigenvalue weighted by Crippen LogP contribution is 2.32. The first kappa shape index (κ1) is 14.3. The molecule has 5 heteroatoms. The molecule has 1 saturated carbocycles. The topological polar surface area (TPSA) is 68.0 Å². The summed E-state index contributed by atoms with van der Waals surface area (Å²) in [6, 6.07) is 4.17. The summed E-state index contributed by atoms with van der Waals surface area (Å²) < 4.78 is 0. The van der Waals surface area contributed by atoms with Gasteiger partial charge in [-0.3, -0.25) is 4.79 Å². The minimum atomic E-state index is -0.0416. The van der Waals surface area contributed by atoms with Gasteiger partial charge in [-0.05, 0) is 31.9 Å². The molecule has 2 heterocycles. The van der Waals surface area contributed by atoms with Crippen molar-refractivity contribution < 1.29 is 4.79 Å². The first-order chi connectivity index (χ1) is 10.1. The van der Waals surface area contributed by atoms with E-state index in [2.05, 4.69) is 10.3 Å². The highest BCUT2D eigenvalue weighted by atomic mass is 32.1. The van der Waals surface area contributed by atoms with Crippen LogP contribution in [-0.4, -0.2) is 16.9 Å². The second kappa shape index (κ2) is 6.02. The molecule has 1 aliphatic rings. The summed E-state index contributed by atoms with van der Waals surface area (Å²) in [4.78, 5) is 18.4. The predicted molar refractivity (Wildman–Crippen MR) is 87.7 cm³/mol. The van der Waals surface area contributed by atoms with E-state index in [1.165, 1.54) is 37.0 Å². The Bertz CT molecular complexity index is 657. The van der Waals surface area contributed by atoms with Gasteiger partial charge in [0, 0.05) is 17.1 Å². The normalized spacial score (nSPS) is 16.8. The van der Waals surface area contributed by atoms with Gasteiger partial charge in [0.1, 0.15) is 9.71 Å². The average molecular weight is 303 g/mol. The number of carbonyl (C=O) groups excluding carboxylic acids is 1. The lowest BCUT2D eigenvalue weighted by molar-refractivity contribution is 0.0938. The van der Waals surface area contributed by atoms with Crippen molar-refractivity contribution in [3.63, 3.8) is 0 Å². The Labute approximate surface area is 128 Å². The zero-order valence-electron chi connectivity index (χ0n) is 12.3. The van der Waals surface area contributed by atoms with E-state index >= 15 is 0 Å². The lowest BCUT2D eigenvalue weighted by Gasteiger charge is -2.15. The number of carbonyl (C=O) groups is 1. The van der Waals surface area contributed by atoms with Crippen molar-refractivity contribution in [1.82, 2.24) is 10.3 Å². The van der Waals surface area contributed by atoms with Crippen LogP contribution in [0.15, 0.2) is 12.1 Å². The Morgan fingerprint density at radius 2 is 2.00 bits per heavy atom. The molecule has 2 aromatic rings. The third kappa shape index (κ3) is 3.02. The number of hydrogen-bond donors (Lipinski definition) is 2. The maximum Gasteiger partial charge on any atom is 0.263 e. The Hall–Kier alpha value is -1.62. The zero-order chi connectivity index (χ0) is 14.8. The van der Waals surface area contributed by atoms with Crippen LogP contribution in [0.4, 0.5) is 5.69 Å². The van der Waals surface area contributed by atoms with Crippen LogP contribution in [-0.2, 0) is 0 Å². The van der Waals surface area contributed by atoms with E-state index in [-0.39, 0.29) is 5.91 Å². The molecule has 21 heavy (non-hydrogen) atoms. The predicted octanol–water partition coefficient (Wildman–Crippen LogP) is 3.64. The molecular weight excluding hydrogens is 282 g/mol. The van der Waals surface area contributed by atoms with Crippen molar-refractivity contribution in [2.45, 2.75) is 51.5 Å². The van der Waals surface area contributed by atoms with E-state index < -0.39 is 0 Å². The van der Waals surface area contributed by atoms with E-state index in [1.54, 1.807) is 0 Å². The number of rotatable bonds is 2. The molecule has 0 atom stereocenters. The van der Waals surface area contributed by atoms with Gasteiger partial charge in [-0.25, -0.2) is 4.98 Å². The van der Waals surface area contributed by atoms with Crippen LogP contribution in [0.1, 0.15) is 53.9 Å². The van der Waals surface area contributed by atoms with Gasteiger partial charge in [-0.15, -0.1) is 11.3 Å². The molecule has 0 unspecified atom stereocenters. The van der Waals surface area contributed by atoms with Crippen molar-refractivity contribution in [3.05, 3.63) is 22.7 Å². The summed E-state index contributed by atoms with van der Waals surface area (Å²) in [5.41, 5.74) is 7.64. The lowest BCUT2D eigenvalue weighted by Crippen LogP contribution is -2.34. The van der Waals surface area contributed by atoms with Crippen LogP contribution in [0.5, 0.6) is 0 Å². The molecule has 3 rings (SSSR count). The molecule has 0 aromatic carbocycles. The first-order valence-corrected chi connectivity index (χ1v) is 8.43. The molecule has 4 nitrogen and oxygen atoms in total. The van der Waals surface area contributed by atoms with Crippen molar-refractivity contribution in [2.75, 3.05) is 5.73 Å². The van der Waals surface area contributed by atoms with E-state index in [1.807, 2.05) is 19.1 Å². The van der Waals surface area contributed by atoms with Gasteiger partial charge in [0.25, 0.3) is 5.91 Å². The maximum absolute atomic E-state index is 12.5. The van der Waals surface area contributed by atoms with E-state index in [0.717, 1.165) is 28.8 Å². The summed E-state index contributed by atoms with van der Waals surface area (Å²) in [7, 11) is 0. The number of pyridine rings is 1. The number of nitrogens with zero attached hydrogens (tertiary/aromatic N) is 1. The number of anilines is 1. The van der Waals surface area contributed by atoms with Crippen LogP contribution in [0.25, 0.3) is 10.2 Å². The summed E-state index contributed by atoms with van der Waals surface area (Å²) in [6.45, 7) is 1.95. The van der Waals surface area contributed by atoms with Gasteiger partial charge in [0.15, 0.2) is 0 Å². The third-order valence-corrected chi connectivity index (χ3v) is 5.24. The third-order valence-electron chi connectivity index (χ3n) is 4.13. The van der Waals surface area contributed by atoms with Crippen LogP contribution >= 0.6 is 11.3 Å². The molecule has 3 N–H and O–H groups in total. The van der Waals surface area contributed by atoms with E-state index in [4.69, 9.17) is 5.73 Å². The van der Waals surface area contributed by atoms with Gasteiger partial charge in [-0.2, -0.15) is 0 Å². The van der Waals surface area contributed by atoms with Crippen LogP contribution in [0.2, 0.25) is 0 Å². The largest absolute Gasteiger partial charge is 0.397 e. The maximum atomic E-state index is 12.5. The second-order valence-corrected chi connectivity index (χ2v) is 6.81. The fraction of sp³-hybridized carbons (Fsp3) is 0.500. The molecule has 0 aliphatic heterocycles. The number of thiophene rings is 1. The van der Waals surface area contributed by atoms with Crippen molar-refractivity contribution >= 4 is 33.1 Å². The second-order valence-electron chi connectivity index (χ2n) is 5.81. The number of nitrogens with one attached hydrogen (secondary N) is 1. The Morgan fingerprint density at radius 3 is 2.71 bits per heavy atom. The molecular formula is C16H21N3OS. The number of nitrogen functional groups attached to an aromatic ring is 1. The summed E-state index contributed by atoms with van der Waals surface area (Å²) in [5.74, 6) is -0.0416. The average Bonchev–Trinajstić information content (AvgIpc) is 2.64. The number of hydrogen-bond acceptors (Lipinski definition) is 4. The molecule has 1 fully saturated rings. The first-order valence-electron chi connectivity index (χ1n) is 7.61. The minimum Gasteiger partial charge on any atom is -0.397 e. The van der Waals surface area contributed by atoms with Crippen LogP contribution < -0.4 is 11.1 Å². The molecule has 0 saturated heterocycles. The summed E-state index contributed by atoms with van der Waals surface area (Å²) in [6.07, 6.45) is 7.12. The van der Waals surface area contributed by atoms with E-state index in [0.29, 0.717) is 16.6 Å². The van der Waals surface area contributed by atoms with Crippen LogP contribution in [0.3, 0.4) is 0 Å². The number of fused-ring (bicyclic) bond motifs is 1. The van der Waals surface area contributed by atoms with Crippen LogP contribution in [0, 0.1) is 6.92 Å².